The molecule has 1 aromatic rings. The molecule has 88 valence electrons. The van der Waals surface area contributed by atoms with Crippen molar-refractivity contribution in [1.82, 2.24) is 4.98 Å². The molecule has 1 aromatic heterocycles. The highest BCUT2D eigenvalue weighted by molar-refractivity contribution is 9.08. The molecule has 0 amide bonds. The van der Waals surface area contributed by atoms with E-state index in [1.807, 2.05) is 0 Å². The summed E-state index contributed by atoms with van der Waals surface area (Å²) in [6, 6.07) is 1.31. The molecule has 0 saturated heterocycles. The van der Waals surface area contributed by atoms with Crippen molar-refractivity contribution in [2.75, 3.05) is 7.11 Å². The number of alkyl halides is 3. The number of carbonyl (C=O) groups is 1. The van der Waals surface area contributed by atoms with Crippen molar-refractivity contribution in [2.24, 2.45) is 0 Å². The van der Waals surface area contributed by atoms with Crippen molar-refractivity contribution >= 4 is 33.5 Å². The lowest BCUT2D eigenvalue weighted by molar-refractivity contribution is 0.0600. The highest BCUT2D eigenvalue weighted by Gasteiger charge is 2.22. The predicted octanol–water partition coefficient (Wildman–Crippen LogP) is 3.35. The Morgan fingerprint density at radius 1 is 1.69 bits per heavy atom. The largest absolute Gasteiger partial charge is 0.465 e. The Morgan fingerprint density at radius 3 is 2.75 bits per heavy atom. The summed E-state index contributed by atoms with van der Waals surface area (Å²) in [5.74, 6) is -0.767. The molecule has 0 fully saturated rings. The highest BCUT2D eigenvalue weighted by Crippen LogP contribution is 2.29. The third kappa shape index (κ3) is 2.68. The van der Waals surface area contributed by atoms with Crippen LogP contribution in [0.4, 0.5) is 8.78 Å². The number of esters is 1. The Hall–Kier alpha value is -0.750. The van der Waals surface area contributed by atoms with Crippen LogP contribution < -0.4 is 0 Å². The number of methoxy groups -OCH3 is 1. The van der Waals surface area contributed by atoms with Gasteiger partial charge in [0.15, 0.2) is 0 Å². The summed E-state index contributed by atoms with van der Waals surface area (Å²) in [7, 11) is 1.15. The lowest BCUT2D eigenvalue weighted by Crippen LogP contribution is -2.07. The molecule has 0 bridgehead atoms. The van der Waals surface area contributed by atoms with Crippen LogP contribution in [-0.4, -0.2) is 18.1 Å². The molecular formula is C9H7BrClF2NO2. The quantitative estimate of drug-likeness (QED) is 0.634. The maximum Gasteiger partial charge on any atom is 0.339 e. The van der Waals surface area contributed by atoms with Gasteiger partial charge in [-0.15, -0.1) is 0 Å². The van der Waals surface area contributed by atoms with Crippen molar-refractivity contribution < 1.29 is 18.3 Å². The van der Waals surface area contributed by atoms with Gasteiger partial charge >= 0.3 is 5.97 Å². The molecule has 0 unspecified atom stereocenters. The van der Waals surface area contributed by atoms with Crippen LogP contribution in [0.3, 0.4) is 0 Å². The van der Waals surface area contributed by atoms with E-state index in [1.54, 1.807) is 0 Å². The summed E-state index contributed by atoms with van der Waals surface area (Å²) >= 11 is 8.72. The average Bonchev–Trinajstić information content (AvgIpc) is 2.28. The second-order valence-electron chi connectivity index (χ2n) is 2.79. The van der Waals surface area contributed by atoms with Crippen LogP contribution in [0.25, 0.3) is 0 Å². The van der Waals surface area contributed by atoms with E-state index in [4.69, 9.17) is 11.6 Å². The first-order valence-electron chi connectivity index (χ1n) is 4.13. The van der Waals surface area contributed by atoms with Crippen molar-refractivity contribution in [1.29, 1.82) is 0 Å². The molecule has 1 heterocycles. The van der Waals surface area contributed by atoms with Crippen molar-refractivity contribution in [2.45, 2.75) is 11.8 Å². The Morgan fingerprint density at radius 2 is 2.31 bits per heavy atom. The molecule has 16 heavy (non-hydrogen) atoms. The van der Waals surface area contributed by atoms with Crippen LogP contribution in [0.2, 0.25) is 5.02 Å². The molecule has 0 spiro atoms. The normalized spacial score (nSPS) is 10.6. The Balaban J connectivity index is 3.37. The Labute approximate surface area is 104 Å². The number of hydrogen-bond acceptors (Lipinski definition) is 3. The first kappa shape index (κ1) is 13.3. The number of hydrogen-bond donors (Lipinski definition) is 0. The zero-order chi connectivity index (χ0) is 12.3. The number of pyridine rings is 1. The molecule has 0 aromatic carbocycles. The molecular weight excluding hydrogens is 307 g/mol. The Kier molecular flexibility index (Phi) is 4.61. The van der Waals surface area contributed by atoms with Crippen LogP contribution >= 0.6 is 27.5 Å². The molecule has 0 atom stereocenters. The van der Waals surface area contributed by atoms with Crippen LogP contribution in [0.15, 0.2) is 6.07 Å². The fourth-order valence-corrected chi connectivity index (χ4v) is 1.62. The van der Waals surface area contributed by atoms with Crippen molar-refractivity contribution in [3.63, 3.8) is 0 Å². The third-order valence-corrected chi connectivity index (χ3v) is 2.76. The number of nitrogens with zero attached hydrogens (tertiary/aromatic N) is 1. The zero-order valence-electron chi connectivity index (χ0n) is 8.14. The van der Waals surface area contributed by atoms with Crippen molar-refractivity contribution in [3.05, 3.63) is 28.0 Å². The predicted molar refractivity (Wildman–Crippen MR) is 58.2 cm³/mol. The summed E-state index contributed by atoms with van der Waals surface area (Å²) in [5.41, 5.74) is -0.428. The Bertz CT molecular complexity index is 415. The van der Waals surface area contributed by atoms with E-state index in [2.05, 4.69) is 25.7 Å². The molecule has 0 aliphatic rings. The number of halogens is 4. The molecule has 0 N–H and O–H groups in total. The monoisotopic (exact) mass is 313 g/mol. The highest BCUT2D eigenvalue weighted by atomic mass is 79.9. The van der Waals surface area contributed by atoms with Gasteiger partial charge in [0.1, 0.15) is 5.69 Å². The maximum atomic E-state index is 12.6. The lowest BCUT2D eigenvalue weighted by Gasteiger charge is -2.09. The lowest BCUT2D eigenvalue weighted by atomic mass is 10.2. The van der Waals surface area contributed by atoms with E-state index < -0.39 is 18.1 Å². The summed E-state index contributed by atoms with van der Waals surface area (Å²) in [6.45, 7) is 0. The molecule has 0 saturated carbocycles. The van der Waals surface area contributed by atoms with Gasteiger partial charge in [0.2, 0.25) is 0 Å². The first-order chi connectivity index (χ1) is 7.51. The zero-order valence-corrected chi connectivity index (χ0v) is 10.5. The van der Waals surface area contributed by atoms with Crippen LogP contribution in [0.5, 0.6) is 0 Å². The minimum absolute atomic E-state index is 0.107. The van der Waals surface area contributed by atoms with Gasteiger partial charge < -0.3 is 4.74 Å². The van der Waals surface area contributed by atoms with Gasteiger partial charge in [0.25, 0.3) is 6.43 Å². The van der Waals surface area contributed by atoms with Crippen LogP contribution in [0, 0.1) is 0 Å². The van der Waals surface area contributed by atoms with Gasteiger partial charge in [-0.2, -0.15) is 0 Å². The van der Waals surface area contributed by atoms with Gasteiger partial charge in [-0.1, -0.05) is 27.5 Å². The number of rotatable bonds is 3. The van der Waals surface area contributed by atoms with E-state index in [9.17, 15) is 13.6 Å². The minimum atomic E-state index is -2.84. The molecule has 1 rings (SSSR count). The molecule has 3 nitrogen and oxygen atoms in total. The SMILES string of the molecule is COC(=O)c1cc(CBr)nc(C(F)F)c1Cl. The van der Waals surface area contributed by atoms with E-state index >= 15 is 0 Å². The summed E-state index contributed by atoms with van der Waals surface area (Å²) in [4.78, 5) is 14.9. The third-order valence-electron chi connectivity index (χ3n) is 1.79. The van der Waals surface area contributed by atoms with Gasteiger partial charge in [0, 0.05) is 5.33 Å². The first-order valence-corrected chi connectivity index (χ1v) is 5.63. The van der Waals surface area contributed by atoms with Crippen LogP contribution in [-0.2, 0) is 10.1 Å². The second-order valence-corrected chi connectivity index (χ2v) is 3.72. The topological polar surface area (TPSA) is 39.2 Å². The van der Waals surface area contributed by atoms with Gasteiger partial charge in [-0.25, -0.2) is 18.6 Å². The molecule has 0 aliphatic heterocycles. The maximum absolute atomic E-state index is 12.6. The van der Waals surface area contributed by atoms with E-state index in [1.165, 1.54) is 6.07 Å². The van der Waals surface area contributed by atoms with Crippen LogP contribution in [0.1, 0.15) is 28.2 Å². The van der Waals surface area contributed by atoms with Crippen molar-refractivity contribution in [3.8, 4) is 0 Å². The summed E-state index contributed by atoms with van der Waals surface area (Å²) in [6.07, 6.45) is -2.84. The molecule has 0 radical (unpaired) electrons. The fraction of sp³-hybridized carbons (Fsp3) is 0.333. The molecule has 7 heteroatoms. The van der Waals surface area contributed by atoms with E-state index in [-0.39, 0.29) is 15.9 Å². The van der Waals surface area contributed by atoms with Gasteiger partial charge in [-0.05, 0) is 6.07 Å². The van der Waals surface area contributed by atoms with E-state index in [0.29, 0.717) is 5.69 Å². The van der Waals surface area contributed by atoms with Gasteiger partial charge in [0.05, 0.1) is 23.4 Å². The summed E-state index contributed by atoms with van der Waals surface area (Å²) < 4.78 is 29.6. The van der Waals surface area contributed by atoms with Gasteiger partial charge in [-0.3, -0.25) is 0 Å². The smallest absolute Gasteiger partial charge is 0.339 e. The number of ether oxygens (including phenoxy) is 1. The standard InChI is InChI=1S/C9H7BrClF2NO2/c1-16-9(15)5-2-4(3-10)14-7(6(5)11)8(12)13/h2,8H,3H2,1H3. The number of aromatic nitrogens is 1. The second kappa shape index (κ2) is 5.54. The minimum Gasteiger partial charge on any atom is -0.465 e. The molecule has 0 aliphatic carbocycles. The van der Waals surface area contributed by atoms with E-state index in [0.717, 1.165) is 7.11 Å². The average molecular weight is 315 g/mol. The number of carbonyl (C=O) groups excluding carboxylic acids is 1. The fourth-order valence-electron chi connectivity index (χ4n) is 1.08. The summed E-state index contributed by atoms with van der Waals surface area (Å²) in [5, 5.41) is -0.125.